The first kappa shape index (κ1) is 66.7. The Balaban J connectivity index is 0.980. The highest BCUT2D eigenvalue weighted by Crippen LogP contribution is 2.52. The van der Waals surface area contributed by atoms with E-state index in [2.05, 4.69) is 143 Å². The quantitative estimate of drug-likeness (QED) is 0.0359. The van der Waals surface area contributed by atoms with Crippen LogP contribution >= 0.6 is 45.3 Å². The molecule has 0 N–H and O–H groups in total. The number of hydrogen-bond donors (Lipinski definition) is 0. The molecule has 88 heavy (non-hydrogen) atoms. The fraction of sp³-hybridized carbons (Fsp3) is 0.588. The second-order valence-corrected chi connectivity index (χ2v) is 31.8. The molecule has 0 saturated carbocycles. The second-order valence-electron chi connectivity index (χ2n) is 27.4. The smallest absolute Gasteiger partial charge is 0.260 e. The van der Waals surface area contributed by atoms with Crippen molar-refractivity contribution in [2.24, 2.45) is 17.8 Å². The maximum absolute atomic E-state index is 16.0. The molecule has 1 amide bonds. The summed E-state index contributed by atoms with van der Waals surface area (Å²) >= 11 is 7.84. The Kier molecular flexibility index (Phi) is 25.3. The Morgan fingerprint density at radius 3 is 1.72 bits per heavy atom. The number of carbonyl (C=O) groups excluding carboxylic acids is 1. The summed E-state index contributed by atoms with van der Waals surface area (Å²) in [5, 5.41) is 2.84. The third-order valence-corrected chi connectivity index (χ3v) is 25.2. The molecule has 7 aromatic rings. The highest BCUT2D eigenvalue weighted by atomic mass is 32.1. The van der Waals surface area contributed by atoms with E-state index >= 15 is 4.79 Å². The van der Waals surface area contributed by atoms with Gasteiger partial charge < -0.3 is 14.4 Å². The van der Waals surface area contributed by atoms with E-state index < -0.39 is 0 Å². The van der Waals surface area contributed by atoms with Crippen molar-refractivity contribution in [3.8, 4) is 29.9 Å². The molecule has 5 aromatic heterocycles. The van der Waals surface area contributed by atoms with Crippen molar-refractivity contribution >= 4 is 84.5 Å². The minimum absolute atomic E-state index is 0.248. The van der Waals surface area contributed by atoms with Crippen LogP contribution in [0.5, 0.6) is 0 Å². The molecular weight excluding hydrogens is 1150 g/mol. The second kappa shape index (κ2) is 33.4. The molecule has 4 nitrogen and oxygen atoms in total. The van der Waals surface area contributed by atoms with Gasteiger partial charge in [-0.15, -0.1) is 45.3 Å². The van der Waals surface area contributed by atoms with E-state index in [-0.39, 0.29) is 5.91 Å². The molecule has 1 aliphatic carbocycles. The van der Waals surface area contributed by atoms with E-state index in [1.54, 1.807) is 0 Å². The number of hydrogen-bond acceptors (Lipinski definition) is 6. The minimum Gasteiger partial charge on any atom is -0.365 e. The van der Waals surface area contributed by atoms with Gasteiger partial charge in [-0.3, -0.25) is 4.79 Å². The van der Waals surface area contributed by atoms with Gasteiger partial charge in [0.15, 0.2) is 0 Å². The summed E-state index contributed by atoms with van der Waals surface area (Å²) in [6, 6.07) is 29.1. The first-order valence-corrected chi connectivity index (χ1v) is 39.4. The zero-order valence-electron chi connectivity index (χ0n) is 56.0. The molecule has 0 saturated heterocycles. The van der Waals surface area contributed by atoms with Gasteiger partial charge >= 0.3 is 0 Å². The van der Waals surface area contributed by atoms with Gasteiger partial charge in [0, 0.05) is 82.8 Å². The highest BCUT2D eigenvalue weighted by molar-refractivity contribution is 7.24. The van der Waals surface area contributed by atoms with Crippen LogP contribution in [0.15, 0.2) is 83.9 Å². The number of aromatic nitrogens is 1. The van der Waals surface area contributed by atoms with Crippen LogP contribution in [0, 0.1) is 24.7 Å². The molecule has 476 valence electrons. The Bertz CT molecular complexity index is 3400. The lowest BCUT2D eigenvalue weighted by atomic mass is 9.93. The number of nitrogens with zero attached hydrogens (tertiary/aromatic N) is 3. The minimum atomic E-state index is 0.248. The van der Waals surface area contributed by atoms with Crippen LogP contribution < -0.4 is 0 Å². The molecule has 10 rings (SSSR count). The van der Waals surface area contributed by atoms with E-state index in [1.807, 2.05) is 45.3 Å². The number of rotatable bonds is 39. The fourth-order valence-electron chi connectivity index (χ4n) is 15.2. The van der Waals surface area contributed by atoms with Gasteiger partial charge in [0.05, 0.1) is 26.7 Å². The third-order valence-electron chi connectivity index (χ3n) is 20.3. The average molecular weight is 1260 g/mol. The Hall–Kier alpha value is -4.21. The molecule has 3 unspecified atom stereocenters. The van der Waals surface area contributed by atoms with Crippen molar-refractivity contribution in [2.45, 2.75) is 267 Å². The van der Waals surface area contributed by atoms with Crippen molar-refractivity contribution in [2.75, 3.05) is 19.6 Å². The molecular formula is C80H111N3OS4. The summed E-state index contributed by atoms with van der Waals surface area (Å²) in [6.07, 6.45) is 41.2. The van der Waals surface area contributed by atoms with Crippen molar-refractivity contribution in [1.82, 2.24) is 14.4 Å². The molecule has 2 aromatic carbocycles. The van der Waals surface area contributed by atoms with Gasteiger partial charge in [-0.25, -0.2) is 0 Å². The molecule has 3 aliphatic rings. The van der Waals surface area contributed by atoms with Gasteiger partial charge in [-0.1, -0.05) is 214 Å². The van der Waals surface area contributed by atoms with Crippen molar-refractivity contribution in [3.05, 3.63) is 115 Å². The summed E-state index contributed by atoms with van der Waals surface area (Å²) in [7, 11) is 0. The van der Waals surface area contributed by atoms with Gasteiger partial charge in [0.25, 0.3) is 5.91 Å². The highest BCUT2D eigenvalue weighted by Gasteiger charge is 2.45. The predicted molar refractivity (Wildman–Crippen MR) is 391 cm³/mol. The van der Waals surface area contributed by atoms with Crippen LogP contribution in [0.25, 0.3) is 63.1 Å². The Morgan fingerprint density at radius 1 is 0.489 bits per heavy atom. The van der Waals surface area contributed by atoms with Crippen LogP contribution in [0.1, 0.15) is 266 Å². The number of amides is 1. The lowest BCUT2D eigenvalue weighted by Gasteiger charge is -2.29. The van der Waals surface area contributed by atoms with E-state index in [4.69, 9.17) is 0 Å². The SMILES string of the molecule is CCCCCCCCCCCCC(CC)Cn1c2ccccc2c2cc3c(cc21)-c1sc(-c2ccc(C4=C5C(=O)N(CC(CCCCCC)CCCCCCCC)C(c6ccc(-c7cc(CCCC)c(C)s7)s6)=C5CN4CC(C)CCC)s2)cc1CCC3. The van der Waals surface area contributed by atoms with E-state index in [1.165, 1.54) is 286 Å². The molecule has 8 heteroatoms. The number of aryl methyl sites for hydroxylation is 4. The van der Waals surface area contributed by atoms with Crippen molar-refractivity contribution in [1.29, 1.82) is 0 Å². The van der Waals surface area contributed by atoms with Crippen LogP contribution in [-0.2, 0) is 30.6 Å². The van der Waals surface area contributed by atoms with Gasteiger partial charge in [0.2, 0.25) is 0 Å². The molecule has 7 heterocycles. The van der Waals surface area contributed by atoms with Crippen molar-refractivity contribution < 1.29 is 4.79 Å². The third kappa shape index (κ3) is 16.2. The van der Waals surface area contributed by atoms with Crippen LogP contribution in [-0.4, -0.2) is 39.9 Å². The maximum atomic E-state index is 16.0. The van der Waals surface area contributed by atoms with Gasteiger partial charge in [0.1, 0.15) is 0 Å². The number of carbonyl (C=O) groups is 1. The Morgan fingerprint density at radius 2 is 1.07 bits per heavy atom. The summed E-state index contributed by atoms with van der Waals surface area (Å²) in [6.45, 7) is 22.4. The predicted octanol–water partition coefficient (Wildman–Crippen LogP) is 25.6. The van der Waals surface area contributed by atoms with E-state index in [0.29, 0.717) is 17.8 Å². The summed E-state index contributed by atoms with van der Waals surface area (Å²) in [5.74, 6) is 1.93. The van der Waals surface area contributed by atoms with Crippen molar-refractivity contribution in [3.63, 3.8) is 0 Å². The van der Waals surface area contributed by atoms with Crippen LogP contribution in [0.3, 0.4) is 0 Å². The van der Waals surface area contributed by atoms with Gasteiger partial charge in [-0.2, -0.15) is 0 Å². The molecule has 0 bridgehead atoms. The maximum Gasteiger partial charge on any atom is 0.260 e. The molecule has 0 fully saturated rings. The number of para-hydroxylation sites is 1. The van der Waals surface area contributed by atoms with E-state index in [9.17, 15) is 0 Å². The van der Waals surface area contributed by atoms with Crippen LogP contribution in [0.4, 0.5) is 0 Å². The monoisotopic (exact) mass is 1260 g/mol. The first-order chi connectivity index (χ1) is 43.2. The number of thiophene rings is 4. The summed E-state index contributed by atoms with van der Waals surface area (Å²) in [4.78, 5) is 31.9. The van der Waals surface area contributed by atoms with Gasteiger partial charge in [-0.05, 0) is 159 Å². The Labute approximate surface area is 549 Å². The fourth-order valence-corrected chi connectivity index (χ4v) is 19.9. The molecule has 3 atom stereocenters. The zero-order chi connectivity index (χ0) is 61.4. The van der Waals surface area contributed by atoms with E-state index in [0.717, 1.165) is 51.0 Å². The lowest BCUT2D eigenvalue weighted by Crippen LogP contribution is -2.33. The zero-order valence-corrected chi connectivity index (χ0v) is 59.3. The standard InChI is InChI=1S/C80H111N3OS4/c1-9-15-19-22-24-25-26-27-29-31-37-59(14-6)54-82-68-44-34-33-43-64(68)66-49-62-41-35-42-63-51-75(88-79(63)65(62)52-69(66)82)71-46-48-73(87-71)78-76-67(56-81(78)53-57(7)36-13-5)77(72-47-45-70(86-72)74-50-61(40-18-12-4)58(8)85-74)83(80(76)84)55-60(38-30-21-17-11-3)39-32-28-23-20-16-10-2/h33-34,43-52,57,59-60H,9-32,35-42,53-56H2,1-8H3. The summed E-state index contributed by atoms with van der Waals surface area (Å²) in [5.41, 5.74) is 13.5. The number of unbranched alkanes of at least 4 members (excludes halogenated alkanes) is 18. The first-order valence-electron chi connectivity index (χ1n) is 36.2. The topological polar surface area (TPSA) is 28.5 Å². The normalized spacial score (nSPS) is 15.4. The largest absolute Gasteiger partial charge is 0.365 e. The average Bonchev–Trinajstić information content (AvgIpc) is 1.63. The molecule has 0 spiro atoms. The molecule has 2 aliphatic heterocycles. The lowest BCUT2D eigenvalue weighted by molar-refractivity contribution is -0.123. The number of fused-ring (bicyclic) bond motifs is 7. The molecule has 0 radical (unpaired) electrons. The number of benzene rings is 2. The summed E-state index contributed by atoms with van der Waals surface area (Å²) < 4.78 is 2.72. The van der Waals surface area contributed by atoms with Crippen LogP contribution in [0.2, 0.25) is 0 Å².